The first-order valence-electron chi connectivity index (χ1n) is 9.23. The predicted octanol–water partition coefficient (Wildman–Crippen LogP) is 3.86. The van der Waals surface area contributed by atoms with Crippen molar-refractivity contribution in [2.45, 2.75) is 12.5 Å². The molecule has 0 aliphatic carbocycles. The van der Waals surface area contributed by atoms with Gasteiger partial charge in [0.15, 0.2) is 0 Å². The van der Waals surface area contributed by atoms with Gasteiger partial charge < -0.3 is 9.80 Å². The number of benzene rings is 2. The van der Waals surface area contributed by atoms with Crippen LogP contribution in [0.25, 0.3) is 0 Å². The summed E-state index contributed by atoms with van der Waals surface area (Å²) >= 11 is 1.57. The van der Waals surface area contributed by atoms with Crippen LogP contribution < -0.4 is 0 Å². The first-order chi connectivity index (χ1) is 13.2. The van der Waals surface area contributed by atoms with Gasteiger partial charge in [0.2, 0.25) is 0 Å². The lowest BCUT2D eigenvalue weighted by Gasteiger charge is -2.40. The lowest BCUT2D eigenvalue weighted by atomic mass is 10.0. The third kappa shape index (κ3) is 4.10. The smallest absolute Gasteiger partial charge is 0.273 e. The van der Waals surface area contributed by atoms with Crippen LogP contribution >= 0.6 is 11.3 Å². The number of thiazole rings is 1. The third-order valence-corrected chi connectivity index (χ3v) is 5.85. The number of amides is 1. The van der Waals surface area contributed by atoms with E-state index in [1.165, 1.54) is 11.1 Å². The standard InChI is InChI=1S/C22H23N3OS/c1-24-12-13-25(20(15-24)18-10-6-3-7-11-18)22(26)19-16-27-21(23-19)14-17-8-4-2-5-9-17/h2-11,16,20H,12-15H2,1H3. The molecule has 27 heavy (non-hydrogen) atoms. The van der Waals surface area contributed by atoms with Crippen LogP contribution in [0.15, 0.2) is 66.0 Å². The molecular formula is C22H23N3OS. The van der Waals surface area contributed by atoms with Crippen LogP contribution in [0.1, 0.15) is 32.7 Å². The monoisotopic (exact) mass is 377 g/mol. The Kier molecular flexibility index (Phi) is 5.32. The summed E-state index contributed by atoms with van der Waals surface area (Å²) in [6.45, 7) is 2.45. The molecule has 2 heterocycles. The van der Waals surface area contributed by atoms with Crippen molar-refractivity contribution in [1.29, 1.82) is 0 Å². The summed E-state index contributed by atoms with van der Waals surface area (Å²) in [5.41, 5.74) is 2.96. The second-order valence-electron chi connectivity index (χ2n) is 6.98. The number of hydrogen-bond acceptors (Lipinski definition) is 4. The summed E-state index contributed by atoms with van der Waals surface area (Å²) in [5, 5.41) is 2.89. The largest absolute Gasteiger partial charge is 0.328 e. The van der Waals surface area contributed by atoms with E-state index in [2.05, 4.69) is 41.2 Å². The number of likely N-dealkylation sites (N-methyl/N-ethyl adjacent to an activating group) is 1. The fourth-order valence-corrected chi connectivity index (χ4v) is 4.33. The Morgan fingerprint density at radius 2 is 1.78 bits per heavy atom. The molecule has 1 aliphatic heterocycles. The van der Waals surface area contributed by atoms with Gasteiger partial charge >= 0.3 is 0 Å². The molecule has 138 valence electrons. The first-order valence-corrected chi connectivity index (χ1v) is 10.1. The Morgan fingerprint density at radius 3 is 2.52 bits per heavy atom. The quantitative estimate of drug-likeness (QED) is 0.693. The maximum absolute atomic E-state index is 13.2. The van der Waals surface area contributed by atoms with Gasteiger partial charge in [-0.2, -0.15) is 0 Å². The summed E-state index contributed by atoms with van der Waals surface area (Å²) in [7, 11) is 2.11. The zero-order valence-electron chi connectivity index (χ0n) is 15.4. The summed E-state index contributed by atoms with van der Waals surface area (Å²) in [4.78, 5) is 22.1. The highest BCUT2D eigenvalue weighted by atomic mass is 32.1. The molecule has 5 heteroatoms. The van der Waals surface area contributed by atoms with Crippen LogP contribution in [0.5, 0.6) is 0 Å². The van der Waals surface area contributed by atoms with Gasteiger partial charge in [-0.1, -0.05) is 60.7 Å². The number of nitrogens with zero attached hydrogens (tertiary/aromatic N) is 3. The molecule has 1 atom stereocenters. The molecule has 0 spiro atoms. The van der Waals surface area contributed by atoms with Gasteiger partial charge in [0.1, 0.15) is 5.69 Å². The molecule has 1 saturated heterocycles. The molecule has 1 aliphatic rings. The number of carbonyl (C=O) groups is 1. The van der Waals surface area contributed by atoms with Gasteiger partial charge in [0, 0.05) is 31.4 Å². The van der Waals surface area contributed by atoms with E-state index in [1.807, 2.05) is 46.7 Å². The summed E-state index contributed by atoms with van der Waals surface area (Å²) < 4.78 is 0. The Morgan fingerprint density at radius 1 is 1.07 bits per heavy atom. The van der Waals surface area contributed by atoms with Crippen LogP contribution in [0.4, 0.5) is 0 Å². The Hall–Kier alpha value is -2.50. The lowest BCUT2D eigenvalue weighted by molar-refractivity contribution is 0.0493. The fraction of sp³-hybridized carbons (Fsp3) is 0.273. The molecule has 0 N–H and O–H groups in total. The second-order valence-corrected chi connectivity index (χ2v) is 7.92. The van der Waals surface area contributed by atoms with Gasteiger partial charge in [-0.25, -0.2) is 4.98 Å². The highest BCUT2D eigenvalue weighted by Gasteiger charge is 2.31. The average Bonchev–Trinajstić information content (AvgIpc) is 3.17. The van der Waals surface area contributed by atoms with Crippen molar-refractivity contribution < 1.29 is 4.79 Å². The van der Waals surface area contributed by atoms with Crippen molar-refractivity contribution in [3.05, 3.63) is 87.9 Å². The van der Waals surface area contributed by atoms with E-state index in [0.717, 1.165) is 31.1 Å². The average molecular weight is 378 g/mol. The molecule has 0 saturated carbocycles. The van der Waals surface area contributed by atoms with E-state index in [-0.39, 0.29) is 11.9 Å². The molecule has 1 unspecified atom stereocenters. The summed E-state index contributed by atoms with van der Waals surface area (Å²) in [6.07, 6.45) is 0.767. The van der Waals surface area contributed by atoms with E-state index < -0.39 is 0 Å². The maximum Gasteiger partial charge on any atom is 0.273 e. The predicted molar refractivity (Wildman–Crippen MR) is 109 cm³/mol. The van der Waals surface area contributed by atoms with Gasteiger partial charge in [0.05, 0.1) is 11.0 Å². The molecule has 0 bridgehead atoms. The molecule has 4 rings (SSSR count). The number of rotatable bonds is 4. The minimum Gasteiger partial charge on any atom is -0.328 e. The number of aromatic nitrogens is 1. The van der Waals surface area contributed by atoms with Crippen molar-refractivity contribution in [2.75, 3.05) is 26.7 Å². The normalized spacial score (nSPS) is 17.8. The van der Waals surface area contributed by atoms with E-state index in [1.54, 1.807) is 11.3 Å². The van der Waals surface area contributed by atoms with Crippen LogP contribution in [0, 0.1) is 0 Å². The number of carbonyl (C=O) groups excluding carboxylic acids is 1. The summed E-state index contributed by atoms with van der Waals surface area (Å²) in [6, 6.07) is 20.6. The molecule has 0 radical (unpaired) electrons. The molecule has 3 aromatic rings. The molecule has 4 nitrogen and oxygen atoms in total. The van der Waals surface area contributed by atoms with Crippen LogP contribution in [-0.4, -0.2) is 47.4 Å². The molecule has 1 fully saturated rings. The van der Waals surface area contributed by atoms with Gasteiger partial charge in [0.25, 0.3) is 5.91 Å². The zero-order valence-corrected chi connectivity index (χ0v) is 16.2. The van der Waals surface area contributed by atoms with Crippen molar-refractivity contribution in [2.24, 2.45) is 0 Å². The van der Waals surface area contributed by atoms with Crippen molar-refractivity contribution >= 4 is 17.2 Å². The Balaban J connectivity index is 1.54. The maximum atomic E-state index is 13.2. The van der Waals surface area contributed by atoms with Crippen molar-refractivity contribution in [3.63, 3.8) is 0 Å². The van der Waals surface area contributed by atoms with Crippen LogP contribution in [-0.2, 0) is 6.42 Å². The van der Waals surface area contributed by atoms with Gasteiger partial charge in [-0.05, 0) is 18.2 Å². The van der Waals surface area contributed by atoms with Crippen LogP contribution in [0.3, 0.4) is 0 Å². The lowest BCUT2D eigenvalue weighted by Crippen LogP contribution is -2.49. The molecule has 2 aromatic carbocycles. The van der Waals surface area contributed by atoms with E-state index in [4.69, 9.17) is 0 Å². The van der Waals surface area contributed by atoms with Gasteiger partial charge in [-0.3, -0.25) is 4.79 Å². The van der Waals surface area contributed by atoms with Crippen molar-refractivity contribution in [3.8, 4) is 0 Å². The Labute approximate surface area is 164 Å². The number of hydrogen-bond donors (Lipinski definition) is 0. The minimum absolute atomic E-state index is 0.0347. The van der Waals surface area contributed by atoms with Gasteiger partial charge in [-0.15, -0.1) is 11.3 Å². The SMILES string of the molecule is CN1CCN(C(=O)c2csc(Cc3ccccc3)n2)C(c2ccccc2)C1. The summed E-state index contributed by atoms with van der Waals surface area (Å²) in [5.74, 6) is 0.0347. The third-order valence-electron chi connectivity index (χ3n) is 5.00. The highest BCUT2D eigenvalue weighted by molar-refractivity contribution is 7.09. The van der Waals surface area contributed by atoms with E-state index >= 15 is 0 Å². The topological polar surface area (TPSA) is 36.4 Å². The molecular weight excluding hydrogens is 354 g/mol. The second kappa shape index (κ2) is 8.03. The van der Waals surface area contributed by atoms with Crippen LogP contribution in [0.2, 0.25) is 0 Å². The van der Waals surface area contributed by atoms with E-state index in [0.29, 0.717) is 5.69 Å². The zero-order chi connectivity index (χ0) is 18.6. The molecule has 1 amide bonds. The minimum atomic E-state index is 0.0347. The first kappa shape index (κ1) is 17.9. The van der Waals surface area contributed by atoms with Crippen molar-refractivity contribution in [1.82, 2.24) is 14.8 Å². The van der Waals surface area contributed by atoms with E-state index in [9.17, 15) is 4.79 Å². The molecule has 1 aromatic heterocycles. The highest BCUT2D eigenvalue weighted by Crippen LogP contribution is 2.27. The number of piperazine rings is 1. The fourth-order valence-electron chi connectivity index (χ4n) is 3.53. The Bertz CT molecular complexity index is 894.